The van der Waals surface area contributed by atoms with E-state index in [1.54, 1.807) is 5.51 Å². The van der Waals surface area contributed by atoms with E-state index in [0.29, 0.717) is 36.2 Å². The lowest BCUT2D eigenvalue weighted by Gasteiger charge is -2.33. The number of hydrogen-bond acceptors (Lipinski definition) is 9. The van der Waals surface area contributed by atoms with Gasteiger partial charge in [-0.3, -0.25) is 9.69 Å². The molecule has 1 saturated heterocycles. The maximum Gasteiger partial charge on any atom is 0.229 e. The van der Waals surface area contributed by atoms with Crippen molar-refractivity contribution in [2.45, 2.75) is 20.1 Å². The van der Waals surface area contributed by atoms with Crippen LogP contribution in [0.15, 0.2) is 87.3 Å². The third-order valence-corrected chi connectivity index (χ3v) is 10.8. The average molecular weight is 664 g/mol. The summed E-state index contributed by atoms with van der Waals surface area (Å²) in [5, 5.41) is 11.2. The van der Waals surface area contributed by atoms with E-state index in [0.717, 1.165) is 67.0 Å². The van der Waals surface area contributed by atoms with Crippen LogP contribution < -0.4 is 15.4 Å². The smallest absolute Gasteiger partial charge is 0.229 e. The maximum absolute atomic E-state index is 13.2. The van der Waals surface area contributed by atoms with Crippen LogP contribution in [0.5, 0.6) is 5.75 Å². The molecule has 12 heteroatoms. The van der Waals surface area contributed by atoms with Crippen LogP contribution in [0.2, 0.25) is 5.02 Å². The van der Waals surface area contributed by atoms with Gasteiger partial charge in [0.05, 0.1) is 33.3 Å². The fourth-order valence-electron chi connectivity index (χ4n) is 5.44. The van der Waals surface area contributed by atoms with Crippen LogP contribution in [0.3, 0.4) is 0 Å². The van der Waals surface area contributed by atoms with Gasteiger partial charge in [0.15, 0.2) is 0 Å². The molecule has 0 aliphatic carbocycles. The number of rotatable bonds is 13. The summed E-state index contributed by atoms with van der Waals surface area (Å²) in [5.41, 5.74) is 5.61. The van der Waals surface area contributed by atoms with E-state index in [2.05, 4.69) is 60.9 Å². The highest BCUT2D eigenvalue weighted by molar-refractivity contribution is 8.19. The van der Waals surface area contributed by atoms with Crippen molar-refractivity contribution in [1.82, 2.24) is 25.0 Å². The predicted octanol–water partition coefficient (Wildman–Crippen LogP) is 5.22. The number of aliphatic imine (C=N–C) groups is 1. The largest absolute Gasteiger partial charge is 0.486 e. The summed E-state index contributed by atoms with van der Waals surface area (Å²) in [7, 11) is -0.407. The number of fused-ring (bicyclic) bond motifs is 1. The molecular formula is C33H38ClN7O2S2. The van der Waals surface area contributed by atoms with Crippen molar-refractivity contribution in [1.29, 1.82) is 0 Å². The van der Waals surface area contributed by atoms with Crippen molar-refractivity contribution >= 4 is 56.3 Å². The summed E-state index contributed by atoms with van der Waals surface area (Å²) in [6.07, 6.45) is 3.95. The molecular weight excluding hydrogens is 626 g/mol. The van der Waals surface area contributed by atoms with Crippen LogP contribution in [0.25, 0.3) is 0 Å². The Morgan fingerprint density at radius 3 is 2.69 bits per heavy atom. The minimum absolute atomic E-state index is 0.0700. The second-order valence-electron chi connectivity index (χ2n) is 11.0. The number of nitrogens with zero attached hydrogens (tertiary/aromatic N) is 5. The van der Waals surface area contributed by atoms with Crippen molar-refractivity contribution in [3.05, 3.63) is 98.6 Å². The molecule has 2 aromatic carbocycles. The van der Waals surface area contributed by atoms with Gasteiger partial charge in [-0.15, -0.1) is 21.8 Å². The number of anilines is 1. The number of likely N-dealkylation sites (N-methyl/N-ethyl adjacent to an activating group) is 1. The number of amides is 1. The van der Waals surface area contributed by atoms with E-state index in [1.807, 2.05) is 48.1 Å². The zero-order valence-corrected chi connectivity index (χ0v) is 27.7. The number of nitrogens with one attached hydrogen (secondary N) is 2. The second-order valence-corrected chi connectivity index (χ2v) is 13.9. The van der Waals surface area contributed by atoms with Crippen LogP contribution in [0, 0.1) is 0 Å². The standard InChI is InChI=1S/C33H38ClN7O2S2/c1-2-39-13-15-40(16-14-39)12-11-35-31(42)22-45-17-10-28-32(36-23-41(33(28)45)19-25-6-4-3-5-7-25)38-26-8-9-30(29(34)18-26)43-20-27-21-44-24-37-27/h3-10,17-18,21,23-24,38H,2,11-16,19-20,22H2,1H3,(H,35,42). The third-order valence-electron chi connectivity index (χ3n) is 7.92. The van der Waals surface area contributed by atoms with Gasteiger partial charge >= 0.3 is 0 Å². The highest BCUT2D eigenvalue weighted by Gasteiger charge is 2.27. The van der Waals surface area contributed by atoms with Gasteiger partial charge in [0.1, 0.15) is 18.2 Å². The van der Waals surface area contributed by atoms with Gasteiger partial charge in [-0.25, -0.2) is 9.98 Å². The number of halogens is 1. The Hall–Kier alpha value is -3.48. The summed E-state index contributed by atoms with van der Waals surface area (Å²) in [4.78, 5) is 30.4. The quantitative estimate of drug-likeness (QED) is 0.243. The Bertz CT molecular complexity index is 1600. The molecule has 0 spiro atoms. The van der Waals surface area contributed by atoms with E-state index >= 15 is 0 Å². The van der Waals surface area contributed by atoms with Crippen molar-refractivity contribution < 1.29 is 9.53 Å². The first-order valence-electron chi connectivity index (χ1n) is 15.2. The van der Waals surface area contributed by atoms with Gasteiger partial charge in [0.25, 0.3) is 0 Å². The lowest BCUT2D eigenvalue weighted by atomic mass is 10.1. The Morgan fingerprint density at radius 1 is 1.11 bits per heavy atom. The van der Waals surface area contributed by atoms with Gasteiger partial charge in [-0.1, -0.05) is 48.9 Å². The molecule has 4 heterocycles. The second kappa shape index (κ2) is 15.2. The predicted molar refractivity (Wildman–Crippen MR) is 187 cm³/mol. The number of carbonyl (C=O) groups excluding carboxylic acids is 1. The zero-order chi connectivity index (χ0) is 31.0. The fraction of sp³-hybridized carbons (Fsp3) is 0.333. The SMILES string of the molecule is CCN1CCN(CCNC(=O)CS2=C3C(=C(Nc4ccc(OCc5cscn5)c(Cl)c4)N=CN3Cc3ccccc3)C=C2)CC1. The molecule has 1 amide bonds. The van der Waals surface area contributed by atoms with Crippen LogP contribution in [-0.4, -0.2) is 88.5 Å². The molecule has 236 valence electrons. The number of ether oxygens (including phenoxy) is 1. The van der Waals surface area contributed by atoms with Crippen LogP contribution in [-0.2, 0) is 17.9 Å². The number of aromatic nitrogens is 1. The highest BCUT2D eigenvalue weighted by atomic mass is 35.5. The summed E-state index contributed by atoms with van der Waals surface area (Å²) in [6.45, 7) is 10.2. The Kier molecular flexibility index (Phi) is 10.6. The molecule has 0 saturated carbocycles. The first-order chi connectivity index (χ1) is 22.1. The molecule has 1 unspecified atom stereocenters. The van der Waals surface area contributed by atoms with Crippen LogP contribution >= 0.6 is 33.4 Å². The van der Waals surface area contributed by atoms with E-state index in [1.165, 1.54) is 16.9 Å². The molecule has 1 atom stereocenters. The van der Waals surface area contributed by atoms with Crippen molar-refractivity contribution in [3.63, 3.8) is 0 Å². The van der Waals surface area contributed by atoms with Gasteiger partial charge < -0.3 is 25.2 Å². The molecule has 3 aliphatic heterocycles. The first-order valence-corrected chi connectivity index (χ1v) is 18.0. The molecule has 0 bridgehead atoms. The van der Waals surface area contributed by atoms with Crippen molar-refractivity contribution in [2.75, 3.05) is 56.9 Å². The number of thiazole rings is 1. The molecule has 1 fully saturated rings. The third kappa shape index (κ3) is 8.22. The van der Waals surface area contributed by atoms with Crippen LogP contribution in [0.4, 0.5) is 5.69 Å². The number of benzene rings is 2. The topological polar surface area (TPSA) is 85.3 Å². The van der Waals surface area contributed by atoms with E-state index in [-0.39, 0.29) is 5.91 Å². The van der Waals surface area contributed by atoms with Gasteiger partial charge in [-0.05, 0) is 41.8 Å². The normalized spacial score (nSPS) is 18.4. The van der Waals surface area contributed by atoms with E-state index < -0.39 is 10.5 Å². The number of piperazine rings is 1. The van der Waals surface area contributed by atoms with Gasteiger partial charge in [-0.2, -0.15) is 0 Å². The lowest BCUT2D eigenvalue weighted by molar-refractivity contribution is -0.118. The summed E-state index contributed by atoms with van der Waals surface area (Å²) in [6, 6.07) is 15.9. The Morgan fingerprint density at radius 2 is 1.93 bits per heavy atom. The van der Waals surface area contributed by atoms with Crippen LogP contribution in [0.1, 0.15) is 18.2 Å². The number of hydrogen-bond donors (Lipinski definition) is 2. The van der Waals surface area contributed by atoms with Gasteiger partial charge in [0, 0.05) is 62.5 Å². The van der Waals surface area contributed by atoms with Crippen molar-refractivity contribution in [3.8, 4) is 5.75 Å². The monoisotopic (exact) mass is 663 g/mol. The molecule has 3 aromatic rings. The molecule has 45 heavy (non-hydrogen) atoms. The number of carbonyl (C=O) groups is 1. The van der Waals surface area contributed by atoms with Crippen molar-refractivity contribution in [2.24, 2.45) is 4.99 Å². The molecule has 1 aromatic heterocycles. The zero-order valence-electron chi connectivity index (χ0n) is 25.3. The Balaban J connectivity index is 1.14. The Labute approximate surface area is 276 Å². The molecule has 0 radical (unpaired) electrons. The van der Waals surface area contributed by atoms with Gasteiger partial charge in [0.2, 0.25) is 5.91 Å². The molecule has 6 rings (SSSR count). The summed E-state index contributed by atoms with van der Waals surface area (Å²) in [5.74, 6) is 1.79. The average Bonchev–Trinajstić information content (AvgIpc) is 3.74. The molecule has 3 aliphatic rings. The van der Waals surface area contributed by atoms with E-state index in [9.17, 15) is 4.79 Å². The summed E-state index contributed by atoms with van der Waals surface area (Å²) >= 11 is 8.12. The first kappa shape index (κ1) is 31.5. The molecule has 9 nitrogen and oxygen atoms in total. The fourth-order valence-corrected chi connectivity index (χ4v) is 8.12. The minimum atomic E-state index is -0.407. The lowest BCUT2D eigenvalue weighted by Crippen LogP contribution is -2.48. The highest BCUT2D eigenvalue weighted by Crippen LogP contribution is 2.36. The van der Waals surface area contributed by atoms with E-state index in [4.69, 9.17) is 21.3 Å². The minimum Gasteiger partial charge on any atom is -0.486 e. The summed E-state index contributed by atoms with van der Waals surface area (Å²) < 4.78 is 5.87. The maximum atomic E-state index is 13.2. The molecule has 2 N–H and O–H groups in total.